The Morgan fingerprint density at radius 1 is 1.27 bits per heavy atom. The summed E-state index contributed by atoms with van der Waals surface area (Å²) in [6.07, 6.45) is 0.352. The van der Waals surface area contributed by atoms with Gasteiger partial charge in [-0.05, 0) is 32.7 Å². The maximum atomic E-state index is 11.5. The lowest BCUT2D eigenvalue weighted by molar-refractivity contribution is -0.122. The highest BCUT2D eigenvalue weighted by atomic mass is 16.3. The second-order valence-electron chi connectivity index (χ2n) is 4.45. The molecule has 3 N–H and O–H groups in total. The summed E-state index contributed by atoms with van der Waals surface area (Å²) in [6.45, 7) is 9.07. The lowest BCUT2D eigenvalue weighted by atomic mass is 10.2. The Bertz CT molecular complexity index is 181. The van der Waals surface area contributed by atoms with Crippen molar-refractivity contribution in [1.82, 2.24) is 10.6 Å². The summed E-state index contributed by atoms with van der Waals surface area (Å²) in [5, 5.41) is 15.0. The highest BCUT2D eigenvalue weighted by Gasteiger charge is 2.11. The first-order valence-corrected chi connectivity index (χ1v) is 5.62. The molecule has 0 rings (SSSR count). The number of rotatable bonds is 7. The lowest BCUT2D eigenvalue weighted by Crippen LogP contribution is -2.43. The highest BCUT2D eigenvalue weighted by molar-refractivity contribution is 5.81. The van der Waals surface area contributed by atoms with Gasteiger partial charge in [0.25, 0.3) is 0 Å². The molecule has 0 fully saturated rings. The van der Waals surface area contributed by atoms with Crippen molar-refractivity contribution in [2.24, 2.45) is 5.92 Å². The molecule has 0 aliphatic rings. The monoisotopic (exact) mass is 216 g/mol. The minimum atomic E-state index is -0.316. The normalized spacial score (nSPS) is 15.1. The molecule has 0 aliphatic carbocycles. The molecule has 0 heterocycles. The van der Waals surface area contributed by atoms with Crippen molar-refractivity contribution in [2.45, 2.75) is 46.3 Å². The van der Waals surface area contributed by atoms with Crippen LogP contribution in [0.5, 0.6) is 0 Å². The molecule has 0 aliphatic heterocycles. The Labute approximate surface area is 92.4 Å². The fourth-order valence-electron chi connectivity index (χ4n) is 1.06. The van der Waals surface area contributed by atoms with Crippen LogP contribution < -0.4 is 10.6 Å². The molecule has 2 atom stereocenters. The summed E-state index contributed by atoms with van der Waals surface area (Å²) < 4.78 is 0. The third kappa shape index (κ3) is 8.39. The van der Waals surface area contributed by atoms with Crippen molar-refractivity contribution in [3.8, 4) is 0 Å². The fourth-order valence-corrected chi connectivity index (χ4v) is 1.06. The van der Waals surface area contributed by atoms with Crippen LogP contribution in [-0.2, 0) is 4.79 Å². The van der Waals surface area contributed by atoms with Crippen LogP contribution in [0.25, 0.3) is 0 Å². The van der Waals surface area contributed by atoms with E-state index < -0.39 is 0 Å². The zero-order valence-corrected chi connectivity index (χ0v) is 10.2. The Balaban J connectivity index is 3.60. The molecule has 0 radical (unpaired) electrons. The Morgan fingerprint density at radius 2 is 1.87 bits per heavy atom. The average Bonchev–Trinajstić information content (AvgIpc) is 2.13. The number of aliphatic hydroxyl groups excluding tert-OH is 1. The molecule has 4 heteroatoms. The first-order valence-electron chi connectivity index (χ1n) is 5.62. The van der Waals surface area contributed by atoms with Crippen molar-refractivity contribution >= 4 is 5.91 Å². The van der Waals surface area contributed by atoms with Gasteiger partial charge in [-0.2, -0.15) is 0 Å². The van der Waals surface area contributed by atoms with E-state index >= 15 is 0 Å². The molecule has 15 heavy (non-hydrogen) atoms. The Kier molecular flexibility index (Phi) is 7.34. The van der Waals surface area contributed by atoms with Gasteiger partial charge in [0, 0.05) is 6.54 Å². The van der Waals surface area contributed by atoms with Crippen LogP contribution in [0.4, 0.5) is 0 Å². The molecule has 0 saturated heterocycles. The summed E-state index contributed by atoms with van der Waals surface area (Å²) >= 11 is 0. The highest BCUT2D eigenvalue weighted by Crippen LogP contribution is 1.91. The maximum absolute atomic E-state index is 11.5. The van der Waals surface area contributed by atoms with E-state index in [9.17, 15) is 4.79 Å². The van der Waals surface area contributed by atoms with E-state index in [4.69, 9.17) is 5.11 Å². The fraction of sp³-hybridized carbons (Fsp3) is 0.909. The Hall–Kier alpha value is -0.610. The predicted octanol–water partition coefficient (Wildman–Crippen LogP) is 0.508. The third-order valence-corrected chi connectivity index (χ3v) is 2.09. The van der Waals surface area contributed by atoms with Crippen molar-refractivity contribution in [3.05, 3.63) is 0 Å². The van der Waals surface area contributed by atoms with Crippen LogP contribution in [0.3, 0.4) is 0 Å². The van der Waals surface area contributed by atoms with Crippen molar-refractivity contribution < 1.29 is 9.90 Å². The van der Waals surface area contributed by atoms with E-state index in [-0.39, 0.29) is 18.1 Å². The van der Waals surface area contributed by atoms with Crippen LogP contribution in [0.2, 0.25) is 0 Å². The smallest absolute Gasteiger partial charge is 0.236 e. The average molecular weight is 216 g/mol. The topological polar surface area (TPSA) is 61.4 Å². The van der Waals surface area contributed by atoms with E-state index in [0.717, 1.165) is 0 Å². The molecular weight excluding hydrogens is 192 g/mol. The van der Waals surface area contributed by atoms with Gasteiger partial charge in [0.05, 0.1) is 12.1 Å². The Morgan fingerprint density at radius 3 is 2.33 bits per heavy atom. The first kappa shape index (κ1) is 14.4. The van der Waals surface area contributed by atoms with Gasteiger partial charge in [-0.15, -0.1) is 0 Å². The first-order chi connectivity index (χ1) is 6.93. The minimum absolute atomic E-state index is 0.0225. The zero-order chi connectivity index (χ0) is 11.8. The summed E-state index contributed by atoms with van der Waals surface area (Å²) in [5.41, 5.74) is 0. The molecule has 4 nitrogen and oxygen atoms in total. The van der Waals surface area contributed by atoms with Gasteiger partial charge in [-0.1, -0.05) is 13.8 Å². The second-order valence-corrected chi connectivity index (χ2v) is 4.45. The summed E-state index contributed by atoms with van der Waals surface area (Å²) in [5.74, 6) is 0.493. The van der Waals surface area contributed by atoms with Gasteiger partial charge in [0.15, 0.2) is 0 Å². The van der Waals surface area contributed by atoms with Crippen LogP contribution >= 0.6 is 0 Å². The van der Waals surface area contributed by atoms with Crippen molar-refractivity contribution in [1.29, 1.82) is 0 Å². The molecule has 0 aromatic rings. The van der Waals surface area contributed by atoms with E-state index in [1.165, 1.54) is 0 Å². The third-order valence-electron chi connectivity index (χ3n) is 2.09. The molecule has 1 amide bonds. The number of aliphatic hydroxyl groups is 1. The van der Waals surface area contributed by atoms with E-state index in [1.54, 1.807) is 6.92 Å². The molecule has 0 saturated carbocycles. The summed E-state index contributed by atoms with van der Waals surface area (Å²) in [7, 11) is 0. The number of carbonyl (C=O) groups excluding carboxylic acids is 1. The molecule has 2 unspecified atom stereocenters. The predicted molar refractivity (Wildman–Crippen MR) is 61.6 cm³/mol. The standard InChI is InChI=1S/C11H24N2O2/c1-8(2)7-13-11(15)10(4)12-6-5-9(3)14/h8-10,12,14H,5-7H2,1-4H3,(H,13,15). The second kappa shape index (κ2) is 7.65. The van der Waals surface area contributed by atoms with Crippen LogP contribution in [0.1, 0.15) is 34.1 Å². The minimum Gasteiger partial charge on any atom is -0.393 e. The van der Waals surface area contributed by atoms with E-state index in [0.29, 0.717) is 25.4 Å². The number of hydrogen-bond acceptors (Lipinski definition) is 3. The SMILES string of the molecule is CC(C)CNC(=O)C(C)NCCC(C)O. The van der Waals surface area contributed by atoms with Crippen molar-refractivity contribution in [3.63, 3.8) is 0 Å². The largest absolute Gasteiger partial charge is 0.393 e. The van der Waals surface area contributed by atoms with Gasteiger partial charge in [0.1, 0.15) is 0 Å². The molecule has 0 spiro atoms. The van der Waals surface area contributed by atoms with Gasteiger partial charge in [-0.3, -0.25) is 4.79 Å². The van der Waals surface area contributed by atoms with Gasteiger partial charge < -0.3 is 15.7 Å². The van der Waals surface area contributed by atoms with Gasteiger partial charge in [-0.25, -0.2) is 0 Å². The van der Waals surface area contributed by atoms with Crippen LogP contribution in [0.15, 0.2) is 0 Å². The van der Waals surface area contributed by atoms with Crippen LogP contribution in [-0.4, -0.2) is 36.2 Å². The molecule has 0 aromatic heterocycles. The van der Waals surface area contributed by atoms with Gasteiger partial charge in [0.2, 0.25) is 5.91 Å². The molecule has 0 aromatic carbocycles. The number of nitrogens with one attached hydrogen (secondary N) is 2. The number of hydrogen-bond donors (Lipinski definition) is 3. The number of carbonyl (C=O) groups is 1. The lowest BCUT2D eigenvalue weighted by Gasteiger charge is -2.15. The molecule has 0 bridgehead atoms. The summed E-state index contributed by atoms with van der Waals surface area (Å²) in [4.78, 5) is 11.5. The van der Waals surface area contributed by atoms with Gasteiger partial charge >= 0.3 is 0 Å². The summed E-state index contributed by atoms with van der Waals surface area (Å²) in [6, 6.07) is -0.192. The zero-order valence-electron chi connectivity index (χ0n) is 10.2. The van der Waals surface area contributed by atoms with Crippen molar-refractivity contribution in [2.75, 3.05) is 13.1 Å². The number of amides is 1. The molecule has 90 valence electrons. The van der Waals surface area contributed by atoms with E-state index in [2.05, 4.69) is 24.5 Å². The molecular formula is C11H24N2O2. The quantitative estimate of drug-likeness (QED) is 0.581. The van der Waals surface area contributed by atoms with E-state index in [1.807, 2.05) is 6.92 Å². The maximum Gasteiger partial charge on any atom is 0.236 e. The van der Waals surface area contributed by atoms with Crippen LogP contribution in [0, 0.1) is 5.92 Å².